The first-order valence-corrected chi connectivity index (χ1v) is 11.5. The molecular formula is C25H24N4O3S. The lowest BCUT2D eigenvalue weighted by Gasteiger charge is -2.27. The number of aryl methyl sites for hydroxylation is 1. The summed E-state index contributed by atoms with van der Waals surface area (Å²) in [4.78, 5) is 32.1. The normalized spacial score (nSPS) is 12.5. The lowest BCUT2D eigenvalue weighted by atomic mass is 10.0. The van der Waals surface area contributed by atoms with E-state index in [-0.39, 0.29) is 11.8 Å². The fraction of sp³-hybridized carbons (Fsp3) is 0.280. The van der Waals surface area contributed by atoms with E-state index in [0.717, 1.165) is 27.3 Å². The van der Waals surface area contributed by atoms with Gasteiger partial charge in [-0.05, 0) is 53.8 Å². The fourth-order valence-electron chi connectivity index (χ4n) is 3.88. The van der Waals surface area contributed by atoms with Crippen molar-refractivity contribution >= 4 is 28.2 Å². The van der Waals surface area contributed by atoms with E-state index in [2.05, 4.69) is 16.4 Å². The van der Waals surface area contributed by atoms with Crippen LogP contribution in [-0.2, 0) is 35.4 Å². The molecule has 3 heterocycles. The minimum Gasteiger partial charge on any atom is -0.497 e. The summed E-state index contributed by atoms with van der Waals surface area (Å²) in [5, 5.41) is 13.2. The number of benzene rings is 1. The lowest BCUT2D eigenvalue weighted by molar-refractivity contribution is -0.131. The number of hydrogen-bond donors (Lipinski definition) is 1. The van der Waals surface area contributed by atoms with Crippen LogP contribution in [0.3, 0.4) is 0 Å². The van der Waals surface area contributed by atoms with Crippen LogP contribution in [0.15, 0.2) is 48.8 Å². The molecule has 0 unspecified atom stereocenters. The summed E-state index contributed by atoms with van der Waals surface area (Å²) in [6.07, 6.45) is 5.17. The second-order valence-corrected chi connectivity index (χ2v) is 8.92. The average molecular weight is 461 g/mol. The van der Waals surface area contributed by atoms with Crippen LogP contribution in [0.4, 0.5) is 5.00 Å². The predicted octanol–water partition coefficient (Wildman–Crippen LogP) is 3.72. The zero-order valence-electron chi connectivity index (χ0n) is 18.3. The summed E-state index contributed by atoms with van der Waals surface area (Å²) in [7, 11) is 1.61. The van der Waals surface area contributed by atoms with Crippen LogP contribution in [0.2, 0.25) is 0 Å². The first-order valence-electron chi connectivity index (χ1n) is 10.7. The van der Waals surface area contributed by atoms with Crippen molar-refractivity contribution in [1.29, 1.82) is 5.26 Å². The minimum absolute atomic E-state index is 0.0441. The molecular weight excluding hydrogens is 436 g/mol. The standard InChI is InChI=1S/C25H24N4O3S/c1-32-19-4-2-3-17(13-19)5-6-23(30)28-25-21(15-26)20-9-12-29(16-22(20)33-25)24(31)14-18-7-10-27-11-8-18/h2-4,7-8,10-11,13H,5-6,9,12,14,16H2,1H3,(H,28,30). The number of methoxy groups -OCH3 is 1. The number of rotatable bonds is 7. The highest BCUT2D eigenvalue weighted by atomic mass is 32.1. The Balaban J connectivity index is 1.40. The van der Waals surface area contributed by atoms with E-state index < -0.39 is 0 Å². The third-order valence-electron chi connectivity index (χ3n) is 5.65. The van der Waals surface area contributed by atoms with Crippen LogP contribution >= 0.6 is 11.3 Å². The van der Waals surface area contributed by atoms with E-state index in [1.165, 1.54) is 11.3 Å². The number of pyridine rings is 1. The number of carbonyl (C=O) groups excluding carboxylic acids is 2. The highest BCUT2D eigenvalue weighted by molar-refractivity contribution is 7.16. The Kier molecular flexibility index (Phi) is 7.01. The first-order chi connectivity index (χ1) is 16.1. The summed E-state index contributed by atoms with van der Waals surface area (Å²) < 4.78 is 5.23. The maximum Gasteiger partial charge on any atom is 0.227 e. The van der Waals surface area contributed by atoms with Gasteiger partial charge in [0.25, 0.3) is 0 Å². The smallest absolute Gasteiger partial charge is 0.227 e. The van der Waals surface area contributed by atoms with Crippen LogP contribution in [0.25, 0.3) is 0 Å². The summed E-state index contributed by atoms with van der Waals surface area (Å²) in [5.74, 6) is 0.662. The molecule has 1 aromatic carbocycles. The third-order valence-corrected chi connectivity index (χ3v) is 6.79. The van der Waals surface area contributed by atoms with Crippen molar-refractivity contribution in [2.75, 3.05) is 19.0 Å². The van der Waals surface area contributed by atoms with Crippen LogP contribution in [0.5, 0.6) is 5.75 Å². The molecule has 0 bridgehead atoms. The van der Waals surface area contributed by atoms with Gasteiger partial charge in [0.1, 0.15) is 16.8 Å². The molecule has 0 fully saturated rings. The molecule has 0 saturated heterocycles. The summed E-state index contributed by atoms with van der Waals surface area (Å²) >= 11 is 1.39. The Morgan fingerprint density at radius 1 is 1.24 bits per heavy atom. The number of amides is 2. The van der Waals surface area contributed by atoms with Gasteiger partial charge >= 0.3 is 0 Å². The number of nitrogens with zero attached hydrogens (tertiary/aromatic N) is 3. The number of nitrogens with one attached hydrogen (secondary N) is 1. The molecule has 1 N–H and O–H groups in total. The number of carbonyl (C=O) groups is 2. The van der Waals surface area contributed by atoms with Crippen molar-refractivity contribution in [2.45, 2.75) is 32.2 Å². The monoisotopic (exact) mass is 460 g/mol. The van der Waals surface area contributed by atoms with E-state index in [9.17, 15) is 14.9 Å². The van der Waals surface area contributed by atoms with Crippen molar-refractivity contribution in [3.05, 3.63) is 75.9 Å². The van der Waals surface area contributed by atoms with Crippen LogP contribution < -0.4 is 10.1 Å². The predicted molar refractivity (Wildman–Crippen MR) is 126 cm³/mol. The summed E-state index contributed by atoms with van der Waals surface area (Å²) in [5.41, 5.74) is 3.40. The van der Waals surface area contributed by atoms with E-state index in [1.807, 2.05) is 41.3 Å². The SMILES string of the molecule is COc1cccc(CCC(=O)Nc2sc3c(c2C#N)CCN(C(=O)Cc2ccncc2)C3)c1. The summed E-state index contributed by atoms with van der Waals surface area (Å²) in [6.45, 7) is 1.02. The molecule has 0 atom stereocenters. The Bertz CT molecular complexity index is 1200. The highest BCUT2D eigenvalue weighted by Gasteiger charge is 2.27. The summed E-state index contributed by atoms with van der Waals surface area (Å²) in [6, 6.07) is 13.6. The van der Waals surface area contributed by atoms with Crippen molar-refractivity contribution in [3.8, 4) is 11.8 Å². The minimum atomic E-state index is -0.140. The van der Waals surface area contributed by atoms with Gasteiger partial charge in [0.05, 0.1) is 25.6 Å². The first kappa shape index (κ1) is 22.5. The highest BCUT2D eigenvalue weighted by Crippen LogP contribution is 2.37. The van der Waals surface area contributed by atoms with Gasteiger partial charge in [0, 0.05) is 30.2 Å². The largest absolute Gasteiger partial charge is 0.497 e. The molecule has 7 nitrogen and oxygen atoms in total. The van der Waals surface area contributed by atoms with Gasteiger partial charge in [-0.1, -0.05) is 12.1 Å². The lowest BCUT2D eigenvalue weighted by Crippen LogP contribution is -2.36. The van der Waals surface area contributed by atoms with Crippen molar-refractivity contribution < 1.29 is 14.3 Å². The number of aromatic nitrogens is 1. The number of hydrogen-bond acceptors (Lipinski definition) is 6. The van der Waals surface area contributed by atoms with Gasteiger partial charge in [-0.15, -0.1) is 11.3 Å². The van der Waals surface area contributed by atoms with E-state index in [0.29, 0.717) is 49.3 Å². The fourth-order valence-corrected chi connectivity index (χ4v) is 5.11. The van der Waals surface area contributed by atoms with Crippen LogP contribution in [0, 0.1) is 11.3 Å². The molecule has 0 aliphatic carbocycles. The quantitative estimate of drug-likeness (QED) is 0.580. The molecule has 2 amide bonds. The zero-order valence-corrected chi connectivity index (χ0v) is 19.2. The molecule has 33 heavy (non-hydrogen) atoms. The van der Waals surface area contributed by atoms with E-state index >= 15 is 0 Å². The maximum atomic E-state index is 12.7. The van der Waals surface area contributed by atoms with Gasteiger partial charge in [-0.2, -0.15) is 5.26 Å². The molecule has 1 aliphatic rings. The topological polar surface area (TPSA) is 95.3 Å². The Hall–Kier alpha value is -3.70. The number of nitriles is 1. The Morgan fingerprint density at radius 3 is 2.82 bits per heavy atom. The molecule has 3 aromatic rings. The number of ether oxygens (including phenoxy) is 1. The zero-order chi connectivity index (χ0) is 23.2. The van der Waals surface area contributed by atoms with Gasteiger partial charge in [-0.25, -0.2) is 0 Å². The van der Waals surface area contributed by atoms with Crippen LogP contribution in [-0.4, -0.2) is 35.4 Å². The number of anilines is 1. The number of fused-ring (bicyclic) bond motifs is 1. The molecule has 0 saturated carbocycles. The van der Waals surface area contributed by atoms with Crippen molar-refractivity contribution in [1.82, 2.24) is 9.88 Å². The molecule has 0 radical (unpaired) electrons. The number of thiophene rings is 1. The molecule has 168 valence electrons. The van der Waals surface area contributed by atoms with E-state index in [4.69, 9.17) is 4.74 Å². The maximum absolute atomic E-state index is 12.7. The van der Waals surface area contributed by atoms with Gasteiger partial charge in [-0.3, -0.25) is 14.6 Å². The second-order valence-electron chi connectivity index (χ2n) is 7.82. The van der Waals surface area contributed by atoms with Gasteiger partial charge in [0.15, 0.2) is 0 Å². The second kappa shape index (κ2) is 10.3. The third kappa shape index (κ3) is 5.38. The Labute approximate surface area is 196 Å². The van der Waals surface area contributed by atoms with Gasteiger partial charge < -0.3 is 15.0 Å². The van der Waals surface area contributed by atoms with Gasteiger partial charge in [0.2, 0.25) is 11.8 Å². The molecule has 1 aliphatic heterocycles. The molecule has 8 heteroatoms. The molecule has 0 spiro atoms. The molecule has 2 aromatic heterocycles. The van der Waals surface area contributed by atoms with E-state index in [1.54, 1.807) is 19.5 Å². The Morgan fingerprint density at radius 2 is 2.06 bits per heavy atom. The van der Waals surface area contributed by atoms with Crippen molar-refractivity contribution in [3.63, 3.8) is 0 Å². The molecule has 4 rings (SSSR count). The van der Waals surface area contributed by atoms with Crippen molar-refractivity contribution in [2.24, 2.45) is 0 Å². The van der Waals surface area contributed by atoms with Crippen LogP contribution in [0.1, 0.15) is 33.6 Å². The average Bonchev–Trinajstić information content (AvgIpc) is 3.19.